The van der Waals surface area contributed by atoms with E-state index in [4.69, 9.17) is 0 Å². The Morgan fingerprint density at radius 3 is 2.75 bits per heavy atom. The molecule has 1 aromatic carbocycles. The van der Waals surface area contributed by atoms with Crippen LogP contribution in [0.25, 0.3) is 11.0 Å². The number of aromatic nitrogens is 2. The van der Waals surface area contributed by atoms with E-state index in [0.29, 0.717) is 0 Å². The highest BCUT2D eigenvalue weighted by molar-refractivity contribution is 9.10. The van der Waals surface area contributed by atoms with Crippen LogP contribution in [0.2, 0.25) is 0 Å². The molecule has 4 heteroatoms. The largest absolute Gasteiger partial charge is 0.343 e. The normalized spacial score (nSPS) is 10.8. The monoisotopic (exact) mass is 327 g/mol. The summed E-state index contributed by atoms with van der Waals surface area (Å²) >= 11 is 3.43. The zero-order valence-corrected chi connectivity index (χ0v) is 12.9. The SMILES string of the molecule is Cc1cccc(N(C)c2ccnc3cc(Br)cnc23)c1. The molecule has 0 aliphatic heterocycles. The second kappa shape index (κ2) is 5.21. The van der Waals surface area contributed by atoms with Gasteiger partial charge in [-0.15, -0.1) is 0 Å². The Hall–Kier alpha value is -1.94. The summed E-state index contributed by atoms with van der Waals surface area (Å²) in [6.07, 6.45) is 3.62. The van der Waals surface area contributed by atoms with Gasteiger partial charge < -0.3 is 4.90 Å². The average molecular weight is 328 g/mol. The van der Waals surface area contributed by atoms with Crippen LogP contribution in [0, 0.1) is 6.92 Å². The fourth-order valence-electron chi connectivity index (χ4n) is 2.24. The van der Waals surface area contributed by atoms with E-state index < -0.39 is 0 Å². The number of nitrogens with zero attached hydrogens (tertiary/aromatic N) is 3. The molecule has 2 heterocycles. The van der Waals surface area contributed by atoms with Crippen molar-refractivity contribution < 1.29 is 0 Å². The van der Waals surface area contributed by atoms with Gasteiger partial charge in [0.1, 0.15) is 5.52 Å². The smallest absolute Gasteiger partial charge is 0.112 e. The molecule has 0 fully saturated rings. The van der Waals surface area contributed by atoms with E-state index in [0.717, 1.165) is 26.9 Å². The lowest BCUT2D eigenvalue weighted by atomic mass is 10.2. The minimum absolute atomic E-state index is 0.886. The lowest BCUT2D eigenvalue weighted by Gasteiger charge is -2.21. The Labute approximate surface area is 126 Å². The Kier molecular flexibility index (Phi) is 3.40. The highest BCUT2D eigenvalue weighted by atomic mass is 79.9. The predicted molar refractivity (Wildman–Crippen MR) is 86.5 cm³/mol. The molecule has 0 spiro atoms. The summed E-state index contributed by atoms with van der Waals surface area (Å²) < 4.78 is 0.938. The van der Waals surface area contributed by atoms with Gasteiger partial charge in [-0.2, -0.15) is 0 Å². The first-order valence-corrected chi connectivity index (χ1v) is 7.15. The van der Waals surface area contributed by atoms with Crippen molar-refractivity contribution in [3.8, 4) is 0 Å². The van der Waals surface area contributed by atoms with E-state index >= 15 is 0 Å². The van der Waals surface area contributed by atoms with Crippen molar-refractivity contribution >= 4 is 38.3 Å². The molecule has 3 rings (SSSR count). The zero-order valence-electron chi connectivity index (χ0n) is 11.3. The third kappa shape index (κ3) is 2.39. The van der Waals surface area contributed by atoms with E-state index in [-0.39, 0.29) is 0 Å². The minimum Gasteiger partial charge on any atom is -0.343 e. The third-order valence-corrected chi connectivity index (χ3v) is 3.71. The lowest BCUT2D eigenvalue weighted by molar-refractivity contribution is 1.19. The van der Waals surface area contributed by atoms with Crippen LogP contribution < -0.4 is 4.90 Å². The Morgan fingerprint density at radius 1 is 1.10 bits per heavy atom. The molecule has 0 atom stereocenters. The number of pyridine rings is 2. The molecule has 20 heavy (non-hydrogen) atoms. The number of fused-ring (bicyclic) bond motifs is 1. The minimum atomic E-state index is 0.886. The van der Waals surface area contributed by atoms with Crippen LogP contribution in [0.15, 0.2) is 53.3 Å². The molecule has 0 bridgehead atoms. The number of halogens is 1. The van der Waals surface area contributed by atoms with Crippen molar-refractivity contribution in [3.63, 3.8) is 0 Å². The van der Waals surface area contributed by atoms with Gasteiger partial charge in [-0.05, 0) is 52.7 Å². The summed E-state index contributed by atoms with van der Waals surface area (Å²) in [5, 5.41) is 0. The van der Waals surface area contributed by atoms with E-state index in [1.165, 1.54) is 5.56 Å². The van der Waals surface area contributed by atoms with Crippen molar-refractivity contribution in [1.29, 1.82) is 0 Å². The van der Waals surface area contributed by atoms with E-state index in [2.05, 4.69) is 62.0 Å². The van der Waals surface area contributed by atoms with Gasteiger partial charge in [0.25, 0.3) is 0 Å². The van der Waals surface area contributed by atoms with Crippen LogP contribution in [0.3, 0.4) is 0 Å². The first kappa shape index (κ1) is 13.1. The Balaban J connectivity index is 2.14. The summed E-state index contributed by atoms with van der Waals surface area (Å²) in [5.41, 5.74) is 5.22. The van der Waals surface area contributed by atoms with Gasteiger partial charge in [-0.1, -0.05) is 12.1 Å². The maximum absolute atomic E-state index is 4.50. The molecule has 0 amide bonds. The third-order valence-electron chi connectivity index (χ3n) is 3.27. The van der Waals surface area contributed by atoms with Crippen LogP contribution in [-0.2, 0) is 0 Å². The van der Waals surface area contributed by atoms with Crippen molar-refractivity contribution in [2.45, 2.75) is 6.92 Å². The van der Waals surface area contributed by atoms with E-state index in [1.807, 2.05) is 25.4 Å². The summed E-state index contributed by atoms with van der Waals surface area (Å²) in [6.45, 7) is 2.09. The molecule has 0 unspecified atom stereocenters. The second-order valence-electron chi connectivity index (χ2n) is 4.75. The van der Waals surface area contributed by atoms with Crippen LogP contribution >= 0.6 is 15.9 Å². The maximum atomic E-state index is 4.50. The van der Waals surface area contributed by atoms with Gasteiger partial charge in [-0.3, -0.25) is 9.97 Å². The van der Waals surface area contributed by atoms with Gasteiger partial charge in [0.2, 0.25) is 0 Å². The molecule has 0 aliphatic carbocycles. The molecular weight excluding hydrogens is 314 g/mol. The molecule has 0 saturated heterocycles. The molecule has 3 nitrogen and oxygen atoms in total. The van der Waals surface area contributed by atoms with Gasteiger partial charge in [-0.25, -0.2) is 0 Å². The molecule has 0 saturated carbocycles. The first-order chi connectivity index (χ1) is 9.65. The highest BCUT2D eigenvalue weighted by Crippen LogP contribution is 2.29. The van der Waals surface area contributed by atoms with Crippen LogP contribution in [0.5, 0.6) is 0 Å². The first-order valence-electron chi connectivity index (χ1n) is 6.36. The maximum Gasteiger partial charge on any atom is 0.112 e. The predicted octanol–water partition coefficient (Wildman–Crippen LogP) is 4.47. The summed E-state index contributed by atoms with van der Waals surface area (Å²) in [4.78, 5) is 11.0. The molecular formula is C16H14BrN3. The fourth-order valence-corrected chi connectivity index (χ4v) is 2.56. The van der Waals surface area contributed by atoms with Gasteiger partial charge >= 0.3 is 0 Å². The van der Waals surface area contributed by atoms with Crippen LogP contribution in [-0.4, -0.2) is 17.0 Å². The summed E-state index contributed by atoms with van der Waals surface area (Å²) in [7, 11) is 2.05. The second-order valence-corrected chi connectivity index (χ2v) is 5.67. The molecule has 100 valence electrons. The lowest BCUT2D eigenvalue weighted by Crippen LogP contribution is -2.10. The van der Waals surface area contributed by atoms with Crippen LogP contribution in [0.1, 0.15) is 5.56 Å². The van der Waals surface area contributed by atoms with Crippen LogP contribution in [0.4, 0.5) is 11.4 Å². The fraction of sp³-hybridized carbons (Fsp3) is 0.125. The quantitative estimate of drug-likeness (QED) is 0.695. The van der Waals surface area contributed by atoms with Crippen molar-refractivity contribution in [3.05, 3.63) is 58.8 Å². The number of aryl methyl sites for hydroxylation is 1. The van der Waals surface area contributed by atoms with Crippen molar-refractivity contribution in [2.24, 2.45) is 0 Å². The molecule has 0 radical (unpaired) electrons. The van der Waals surface area contributed by atoms with Crippen molar-refractivity contribution in [1.82, 2.24) is 9.97 Å². The molecule has 3 aromatic rings. The molecule has 2 aromatic heterocycles. The standard InChI is InChI=1S/C16H14BrN3/c1-11-4-3-5-13(8-11)20(2)15-6-7-18-14-9-12(17)10-19-16(14)15/h3-10H,1-2H3. The Morgan fingerprint density at radius 2 is 1.95 bits per heavy atom. The number of hydrogen-bond donors (Lipinski definition) is 0. The average Bonchev–Trinajstić information content (AvgIpc) is 2.45. The van der Waals surface area contributed by atoms with E-state index in [1.54, 1.807) is 6.20 Å². The highest BCUT2D eigenvalue weighted by Gasteiger charge is 2.10. The van der Waals surface area contributed by atoms with Gasteiger partial charge in [0.15, 0.2) is 0 Å². The van der Waals surface area contributed by atoms with Crippen molar-refractivity contribution in [2.75, 3.05) is 11.9 Å². The Bertz CT molecular complexity index is 771. The number of anilines is 2. The molecule has 0 aliphatic rings. The summed E-state index contributed by atoms with van der Waals surface area (Å²) in [5.74, 6) is 0. The summed E-state index contributed by atoms with van der Waals surface area (Å²) in [6, 6.07) is 12.4. The topological polar surface area (TPSA) is 29.0 Å². The number of rotatable bonds is 2. The van der Waals surface area contributed by atoms with Gasteiger partial charge in [0, 0.05) is 29.6 Å². The molecule has 0 N–H and O–H groups in total. The van der Waals surface area contributed by atoms with Gasteiger partial charge in [0.05, 0.1) is 11.2 Å². The number of benzene rings is 1. The van der Waals surface area contributed by atoms with E-state index in [9.17, 15) is 0 Å². The number of hydrogen-bond acceptors (Lipinski definition) is 3. The zero-order chi connectivity index (χ0) is 14.1.